The Bertz CT molecular complexity index is 421. The summed E-state index contributed by atoms with van der Waals surface area (Å²) < 4.78 is 10.3. The highest BCUT2D eigenvalue weighted by atomic mass is 16.5. The van der Waals surface area contributed by atoms with E-state index in [1.807, 2.05) is 24.3 Å². The molecule has 3 heteroatoms. The van der Waals surface area contributed by atoms with Crippen molar-refractivity contribution >= 4 is 11.5 Å². The Kier molecular flexibility index (Phi) is 3.37. The average Bonchev–Trinajstić information content (AvgIpc) is 2.30. The first-order valence-corrected chi connectivity index (χ1v) is 5.34. The van der Waals surface area contributed by atoms with Gasteiger partial charge in [-0.2, -0.15) is 0 Å². The highest BCUT2D eigenvalue weighted by Gasteiger charge is 2.14. The molecule has 0 saturated carbocycles. The molecule has 1 aliphatic rings. The maximum Gasteiger partial charge on any atom is 0.331 e. The first-order chi connectivity index (χ1) is 7.81. The van der Waals surface area contributed by atoms with Crippen molar-refractivity contribution in [3.05, 3.63) is 41.5 Å². The molecule has 1 aromatic carbocycles. The molecule has 0 unspecified atom stereocenters. The Balaban J connectivity index is 2.28. The Morgan fingerprint density at radius 3 is 3.06 bits per heavy atom. The van der Waals surface area contributed by atoms with Gasteiger partial charge in [-0.05, 0) is 23.6 Å². The highest BCUT2D eigenvalue weighted by molar-refractivity contribution is 5.92. The summed E-state index contributed by atoms with van der Waals surface area (Å²) in [4.78, 5) is 11.4. The summed E-state index contributed by atoms with van der Waals surface area (Å²) in [7, 11) is 0. The third-order valence-corrected chi connectivity index (χ3v) is 2.46. The van der Waals surface area contributed by atoms with Gasteiger partial charge >= 0.3 is 5.97 Å². The van der Waals surface area contributed by atoms with E-state index in [2.05, 4.69) is 0 Å². The Labute approximate surface area is 94.7 Å². The second-order valence-corrected chi connectivity index (χ2v) is 3.57. The molecular formula is C13H14O3. The molecule has 0 spiro atoms. The molecule has 16 heavy (non-hydrogen) atoms. The van der Waals surface area contributed by atoms with Gasteiger partial charge in [-0.1, -0.05) is 24.3 Å². The first-order valence-electron chi connectivity index (χ1n) is 5.34. The summed E-state index contributed by atoms with van der Waals surface area (Å²) in [5, 5.41) is 0. The zero-order valence-corrected chi connectivity index (χ0v) is 9.23. The molecule has 0 amide bonds. The summed E-state index contributed by atoms with van der Waals surface area (Å²) in [6.07, 6.45) is 1.52. The van der Waals surface area contributed by atoms with Crippen LogP contribution in [0.15, 0.2) is 30.3 Å². The van der Waals surface area contributed by atoms with Crippen molar-refractivity contribution in [2.45, 2.75) is 13.5 Å². The van der Waals surface area contributed by atoms with Gasteiger partial charge in [0, 0.05) is 6.08 Å². The zero-order chi connectivity index (χ0) is 11.4. The summed E-state index contributed by atoms with van der Waals surface area (Å²) in [6.45, 7) is 3.26. The van der Waals surface area contributed by atoms with Crippen molar-refractivity contribution < 1.29 is 14.3 Å². The molecule has 0 bridgehead atoms. The van der Waals surface area contributed by atoms with Gasteiger partial charge in [-0.3, -0.25) is 0 Å². The Morgan fingerprint density at radius 2 is 2.25 bits per heavy atom. The van der Waals surface area contributed by atoms with Crippen LogP contribution in [0.4, 0.5) is 0 Å². The second kappa shape index (κ2) is 4.94. The van der Waals surface area contributed by atoms with E-state index in [1.165, 1.54) is 6.08 Å². The lowest BCUT2D eigenvalue weighted by atomic mass is 9.98. The topological polar surface area (TPSA) is 35.5 Å². The van der Waals surface area contributed by atoms with Gasteiger partial charge < -0.3 is 9.47 Å². The molecule has 3 nitrogen and oxygen atoms in total. The van der Waals surface area contributed by atoms with Crippen LogP contribution in [0.1, 0.15) is 18.1 Å². The second-order valence-electron chi connectivity index (χ2n) is 3.57. The van der Waals surface area contributed by atoms with Gasteiger partial charge in [0.15, 0.2) is 0 Å². The van der Waals surface area contributed by atoms with E-state index in [0.29, 0.717) is 19.8 Å². The number of esters is 1. The minimum absolute atomic E-state index is 0.308. The van der Waals surface area contributed by atoms with Crippen molar-refractivity contribution in [3.63, 3.8) is 0 Å². The standard InChI is InChI=1S/C13H14O3/c1-2-16-13(14)7-11-9-15-8-10-5-3-4-6-12(10)11/h3-7H,2,8-9H2,1H3/b11-7+. The number of hydrogen-bond acceptors (Lipinski definition) is 3. The molecular weight excluding hydrogens is 204 g/mol. The SMILES string of the molecule is CCOC(=O)/C=C1\COCc2ccccc21. The van der Waals surface area contributed by atoms with Crippen LogP contribution in [0.25, 0.3) is 5.57 Å². The van der Waals surface area contributed by atoms with E-state index in [1.54, 1.807) is 6.92 Å². The molecule has 0 aromatic heterocycles. The number of carbonyl (C=O) groups is 1. The number of ether oxygens (including phenoxy) is 2. The van der Waals surface area contributed by atoms with Gasteiger partial charge in [-0.25, -0.2) is 4.79 Å². The molecule has 1 heterocycles. The smallest absolute Gasteiger partial charge is 0.331 e. The van der Waals surface area contributed by atoms with Crippen LogP contribution < -0.4 is 0 Å². The van der Waals surface area contributed by atoms with E-state index in [4.69, 9.17) is 9.47 Å². The van der Waals surface area contributed by atoms with Crippen molar-refractivity contribution in [3.8, 4) is 0 Å². The van der Waals surface area contributed by atoms with E-state index in [-0.39, 0.29) is 5.97 Å². The van der Waals surface area contributed by atoms with Crippen molar-refractivity contribution in [1.82, 2.24) is 0 Å². The molecule has 0 saturated heterocycles. The van der Waals surface area contributed by atoms with Crippen molar-refractivity contribution in [2.24, 2.45) is 0 Å². The van der Waals surface area contributed by atoms with Crippen LogP contribution in [0, 0.1) is 0 Å². The van der Waals surface area contributed by atoms with Gasteiger partial charge in [0.2, 0.25) is 0 Å². The zero-order valence-electron chi connectivity index (χ0n) is 9.23. The number of rotatable bonds is 2. The molecule has 84 valence electrons. The minimum Gasteiger partial charge on any atom is -0.463 e. The van der Waals surface area contributed by atoms with Crippen LogP contribution in [0.2, 0.25) is 0 Å². The maximum absolute atomic E-state index is 11.4. The number of benzene rings is 1. The predicted molar refractivity (Wildman–Crippen MR) is 60.7 cm³/mol. The Morgan fingerprint density at radius 1 is 1.44 bits per heavy atom. The fourth-order valence-corrected chi connectivity index (χ4v) is 1.75. The van der Waals surface area contributed by atoms with E-state index in [9.17, 15) is 4.79 Å². The minimum atomic E-state index is -0.308. The highest BCUT2D eigenvalue weighted by Crippen LogP contribution is 2.25. The van der Waals surface area contributed by atoms with E-state index in [0.717, 1.165) is 16.7 Å². The summed E-state index contributed by atoms with van der Waals surface area (Å²) >= 11 is 0. The monoisotopic (exact) mass is 218 g/mol. The first kappa shape index (κ1) is 10.9. The van der Waals surface area contributed by atoms with Gasteiger partial charge in [0.1, 0.15) is 0 Å². The largest absolute Gasteiger partial charge is 0.463 e. The maximum atomic E-state index is 11.4. The van der Waals surface area contributed by atoms with Crippen LogP contribution in [-0.2, 0) is 20.9 Å². The molecule has 0 radical (unpaired) electrons. The third kappa shape index (κ3) is 2.31. The molecule has 0 aliphatic carbocycles. The quantitative estimate of drug-likeness (QED) is 0.563. The molecule has 0 atom stereocenters. The fourth-order valence-electron chi connectivity index (χ4n) is 1.75. The lowest BCUT2D eigenvalue weighted by Crippen LogP contribution is -2.11. The number of carbonyl (C=O) groups excluding carboxylic acids is 1. The van der Waals surface area contributed by atoms with Crippen LogP contribution in [0.5, 0.6) is 0 Å². The molecule has 0 N–H and O–H groups in total. The van der Waals surface area contributed by atoms with Crippen LogP contribution in [-0.4, -0.2) is 19.2 Å². The summed E-state index contributed by atoms with van der Waals surface area (Å²) in [5.41, 5.74) is 3.09. The van der Waals surface area contributed by atoms with Gasteiger partial charge in [-0.15, -0.1) is 0 Å². The van der Waals surface area contributed by atoms with Crippen LogP contribution in [0.3, 0.4) is 0 Å². The molecule has 2 rings (SSSR count). The van der Waals surface area contributed by atoms with E-state index >= 15 is 0 Å². The predicted octanol–water partition coefficient (Wildman–Crippen LogP) is 2.16. The average molecular weight is 218 g/mol. The van der Waals surface area contributed by atoms with Gasteiger partial charge in [0.05, 0.1) is 19.8 Å². The Hall–Kier alpha value is -1.61. The van der Waals surface area contributed by atoms with Crippen molar-refractivity contribution in [2.75, 3.05) is 13.2 Å². The lowest BCUT2D eigenvalue weighted by Gasteiger charge is -2.18. The van der Waals surface area contributed by atoms with Gasteiger partial charge in [0.25, 0.3) is 0 Å². The normalized spacial score (nSPS) is 16.9. The van der Waals surface area contributed by atoms with Crippen molar-refractivity contribution in [1.29, 1.82) is 0 Å². The molecule has 1 aliphatic heterocycles. The lowest BCUT2D eigenvalue weighted by molar-refractivity contribution is -0.137. The fraction of sp³-hybridized carbons (Fsp3) is 0.308. The number of hydrogen-bond donors (Lipinski definition) is 0. The third-order valence-electron chi connectivity index (χ3n) is 2.46. The summed E-state index contributed by atoms with van der Waals surface area (Å²) in [5.74, 6) is -0.308. The molecule has 1 aromatic rings. The molecule has 0 fully saturated rings. The summed E-state index contributed by atoms with van der Waals surface area (Å²) in [6, 6.07) is 7.94. The van der Waals surface area contributed by atoms with Crippen LogP contribution >= 0.6 is 0 Å². The number of fused-ring (bicyclic) bond motifs is 1. The van der Waals surface area contributed by atoms with E-state index < -0.39 is 0 Å².